The minimum Gasteiger partial charge on any atom is -0.480 e. The number of carboxylic acid groups (broad SMARTS) is 1. The lowest BCUT2D eigenvalue weighted by Gasteiger charge is -2.27. The van der Waals surface area contributed by atoms with Crippen molar-refractivity contribution in [3.63, 3.8) is 0 Å². The Hall–Kier alpha value is -2.73. The molecule has 0 spiro atoms. The van der Waals surface area contributed by atoms with E-state index in [0.717, 1.165) is 0 Å². The highest BCUT2D eigenvalue weighted by atomic mass is 16.4. The fourth-order valence-corrected chi connectivity index (χ4v) is 2.71. The Morgan fingerprint density at radius 3 is 1.81 bits per heavy atom. The molecule has 0 fully saturated rings. The fourth-order valence-electron chi connectivity index (χ4n) is 2.71. The van der Waals surface area contributed by atoms with Gasteiger partial charge in [0.2, 0.25) is 23.6 Å². The van der Waals surface area contributed by atoms with Crippen molar-refractivity contribution in [2.75, 3.05) is 0 Å². The predicted molar refractivity (Wildman–Crippen MR) is 116 cm³/mol. The number of aliphatic hydroxyl groups excluding tert-OH is 1. The van der Waals surface area contributed by atoms with E-state index in [-0.39, 0.29) is 18.8 Å². The van der Waals surface area contributed by atoms with Crippen LogP contribution in [0.1, 0.15) is 53.9 Å². The summed E-state index contributed by atoms with van der Waals surface area (Å²) in [5.74, 6) is -4.99. The van der Waals surface area contributed by atoms with Gasteiger partial charge in [0.25, 0.3) is 0 Å². The third-order valence-electron chi connectivity index (χ3n) is 5.17. The van der Waals surface area contributed by atoms with Crippen LogP contribution in [-0.4, -0.2) is 70.1 Å². The smallest absolute Gasteiger partial charge is 0.326 e. The lowest BCUT2D eigenvalue weighted by molar-refractivity contribution is -0.144. The number of primary amides is 1. The summed E-state index contributed by atoms with van der Waals surface area (Å²) in [4.78, 5) is 60.4. The standard InChI is InChI=1S/C20H37N5O7/c1-6-10(4)15(20(31)32)24-17(28)12(7-8-13(21)27)23-19(30)16(11(5)26)25-18(29)14(22)9(2)3/h9-12,14-16,26H,6-8,22H2,1-5H3,(H2,21,27)(H,23,30)(H,24,28)(H,25,29)(H,31,32). The van der Waals surface area contributed by atoms with Gasteiger partial charge in [-0.25, -0.2) is 4.79 Å². The predicted octanol–water partition coefficient (Wildman–Crippen LogP) is -1.80. The quantitative estimate of drug-likeness (QED) is 0.157. The van der Waals surface area contributed by atoms with E-state index in [9.17, 15) is 34.2 Å². The minimum atomic E-state index is -1.43. The number of aliphatic hydroxyl groups is 1. The molecule has 9 N–H and O–H groups in total. The molecule has 6 unspecified atom stereocenters. The van der Waals surface area contributed by atoms with Gasteiger partial charge in [0.15, 0.2) is 0 Å². The van der Waals surface area contributed by atoms with Gasteiger partial charge in [0.05, 0.1) is 12.1 Å². The van der Waals surface area contributed by atoms with E-state index < -0.39 is 65.8 Å². The largest absolute Gasteiger partial charge is 0.480 e. The summed E-state index contributed by atoms with van der Waals surface area (Å²) in [7, 11) is 0. The molecule has 0 aliphatic heterocycles. The van der Waals surface area contributed by atoms with E-state index in [1.54, 1.807) is 27.7 Å². The zero-order chi connectivity index (χ0) is 25.2. The van der Waals surface area contributed by atoms with Gasteiger partial charge >= 0.3 is 5.97 Å². The Balaban J connectivity index is 5.57. The minimum absolute atomic E-state index is 0.203. The summed E-state index contributed by atoms with van der Waals surface area (Å²) in [6.07, 6.45) is -1.32. The molecule has 6 atom stereocenters. The molecular weight excluding hydrogens is 422 g/mol. The molecule has 0 heterocycles. The van der Waals surface area contributed by atoms with Gasteiger partial charge in [-0.3, -0.25) is 19.2 Å². The molecule has 0 bridgehead atoms. The lowest BCUT2D eigenvalue weighted by atomic mass is 9.98. The first-order valence-electron chi connectivity index (χ1n) is 10.6. The van der Waals surface area contributed by atoms with Crippen molar-refractivity contribution in [1.82, 2.24) is 16.0 Å². The number of carboxylic acids is 1. The number of carbonyl (C=O) groups excluding carboxylic acids is 4. The molecule has 12 heteroatoms. The van der Waals surface area contributed by atoms with Crippen molar-refractivity contribution < 1.29 is 34.2 Å². The fraction of sp³-hybridized carbons (Fsp3) is 0.750. The first kappa shape index (κ1) is 29.3. The van der Waals surface area contributed by atoms with Crippen LogP contribution in [-0.2, 0) is 24.0 Å². The van der Waals surface area contributed by atoms with E-state index in [4.69, 9.17) is 11.5 Å². The van der Waals surface area contributed by atoms with E-state index in [2.05, 4.69) is 16.0 Å². The number of nitrogens with two attached hydrogens (primary N) is 2. The van der Waals surface area contributed by atoms with E-state index in [1.165, 1.54) is 6.92 Å². The number of carbonyl (C=O) groups is 5. The molecule has 0 saturated carbocycles. The third kappa shape index (κ3) is 9.60. The monoisotopic (exact) mass is 459 g/mol. The van der Waals surface area contributed by atoms with Crippen molar-refractivity contribution >= 4 is 29.6 Å². The Bertz CT molecular complexity index is 683. The van der Waals surface area contributed by atoms with Gasteiger partial charge in [-0.1, -0.05) is 34.1 Å². The highest BCUT2D eigenvalue weighted by molar-refractivity contribution is 5.94. The summed E-state index contributed by atoms with van der Waals surface area (Å²) < 4.78 is 0. The van der Waals surface area contributed by atoms with Crippen molar-refractivity contribution in [2.45, 2.75) is 84.2 Å². The normalized spacial score (nSPS) is 16.8. The average molecular weight is 460 g/mol. The Kier molecular flexibility index (Phi) is 12.5. The van der Waals surface area contributed by atoms with Crippen molar-refractivity contribution in [1.29, 1.82) is 0 Å². The molecule has 0 saturated heterocycles. The van der Waals surface area contributed by atoms with Crippen LogP contribution >= 0.6 is 0 Å². The first-order valence-corrected chi connectivity index (χ1v) is 10.6. The maximum atomic E-state index is 12.7. The molecule has 0 aromatic carbocycles. The number of aliphatic carboxylic acids is 1. The molecule has 32 heavy (non-hydrogen) atoms. The second-order valence-electron chi connectivity index (χ2n) is 8.27. The SMILES string of the molecule is CCC(C)C(NC(=O)C(CCC(N)=O)NC(=O)C(NC(=O)C(N)C(C)C)C(C)O)C(=O)O. The van der Waals surface area contributed by atoms with Crippen LogP contribution in [0.4, 0.5) is 0 Å². The molecule has 12 nitrogen and oxygen atoms in total. The van der Waals surface area contributed by atoms with Gasteiger partial charge in [-0.05, 0) is 25.2 Å². The second-order valence-corrected chi connectivity index (χ2v) is 8.27. The maximum Gasteiger partial charge on any atom is 0.326 e. The maximum absolute atomic E-state index is 12.7. The van der Waals surface area contributed by atoms with Gasteiger partial charge in [-0.15, -0.1) is 0 Å². The molecular formula is C20H37N5O7. The zero-order valence-electron chi connectivity index (χ0n) is 19.3. The number of nitrogens with one attached hydrogen (secondary N) is 3. The van der Waals surface area contributed by atoms with Crippen LogP contribution in [0.2, 0.25) is 0 Å². The second kappa shape index (κ2) is 13.6. The molecule has 0 aliphatic carbocycles. The van der Waals surface area contributed by atoms with Crippen molar-refractivity contribution in [3.8, 4) is 0 Å². The van der Waals surface area contributed by atoms with Gasteiger partial charge in [0, 0.05) is 6.42 Å². The molecule has 0 aliphatic rings. The molecule has 0 rings (SSSR count). The number of hydrogen-bond acceptors (Lipinski definition) is 7. The van der Waals surface area contributed by atoms with E-state index >= 15 is 0 Å². The number of amides is 4. The Morgan fingerprint density at radius 1 is 0.875 bits per heavy atom. The van der Waals surface area contributed by atoms with Crippen LogP contribution in [0, 0.1) is 11.8 Å². The average Bonchev–Trinajstić information content (AvgIpc) is 2.70. The zero-order valence-corrected chi connectivity index (χ0v) is 19.3. The summed E-state index contributed by atoms with van der Waals surface area (Å²) in [6, 6.07) is -4.89. The molecule has 0 radical (unpaired) electrons. The van der Waals surface area contributed by atoms with Crippen molar-refractivity contribution in [2.24, 2.45) is 23.3 Å². The van der Waals surface area contributed by atoms with Crippen molar-refractivity contribution in [3.05, 3.63) is 0 Å². The van der Waals surface area contributed by atoms with Gasteiger partial charge in [0.1, 0.15) is 18.1 Å². The van der Waals surface area contributed by atoms with Crippen LogP contribution in [0.5, 0.6) is 0 Å². The van der Waals surface area contributed by atoms with Gasteiger partial charge in [-0.2, -0.15) is 0 Å². The molecule has 184 valence electrons. The highest BCUT2D eigenvalue weighted by Gasteiger charge is 2.33. The molecule has 4 amide bonds. The first-order chi connectivity index (χ1) is 14.7. The Labute approximate surface area is 187 Å². The van der Waals surface area contributed by atoms with Crippen LogP contribution in [0.3, 0.4) is 0 Å². The van der Waals surface area contributed by atoms with Crippen LogP contribution in [0.15, 0.2) is 0 Å². The third-order valence-corrected chi connectivity index (χ3v) is 5.17. The summed E-state index contributed by atoms with van der Waals surface area (Å²) in [5.41, 5.74) is 10.9. The topological polar surface area (TPSA) is 214 Å². The Morgan fingerprint density at radius 2 is 1.41 bits per heavy atom. The van der Waals surface area contributed by atoms with E-state index in [1.807, 2.05) is 0 Å². The number of rotatable bonds is 14. The van der Waals surface area contributed by atoms with Crippen LogP contribution in [0.25, 0.3) is 0 Å². The molecule has 0 aromatic heterocycles. The number of hydrogen-bond donors (Lipinski definition) is 7. The summed E-state index contributed by atoms with van der Waals surface area (Å²) in [6.45, 7) is 8.10. The highest BCUT2D eigenvalue weighted by Crippen LogP contribution is 2.10. The summed E-state index contributed by atoms with van der Waals surface area (Å²) in [5, 5.41) is 26.4. The lowest BCUT2D eigenvalue weighted by Crippen LogP contribution is -2.60. The molecule has 0 aromatic rings. The summed E-state index contributed by atoms with van der Waals surface area (Å²) >= 11 is 0. The van der Waals surface area contributed by atoms with E-state index in [0.29, 0.717) is 6.42 Å². The van der Waals surface area contributed by atoms with Crippen LogP contribution < -0.4 is 27.4 Å². The van der Waals surface area contributed by atoms with Gasteiger partial charge < -0.3 is 37.6 Å².